The van der Waals surface area contributed by atoms with Crippen molar-refractivity contribution in [3.8, 4) is 5.69 Å². The summed E-state index contributed by atoms with van der Waals surface area (Å²) in [5.41, 5.74) is 1.21. The molecule has 3 heterocycles. The van der Waals surface area contributed by atoms with Crippen LogP contribution >= 0.6 is 11.6 Å². The summed E-state index contributed by atoms with van der Waals surface area (Å²) in [6.07, 6.45) is 5.83. The van der Waals surface area contributed by atoms with Crippen LogP contribution < -0.4 is 10.5 Å². The van der Waals surface area contributed by atoms with E-state index < -0.39 is 0 Å². The first-order chi connectivity index (χ1) is 14.5. The zero-order valence-electron chi connectivity index (χ0n) is 17.8. The minimum absolute atomic E-state index is 0.253. The predicted octanol–water partition coefficient (Wildman–Crippen LogP) is 3.60. The van der Waals surface area contributed by atoms with E-state index in [1.54, 1.807) is 6.20 Å². The Bertz CT molecular complexity index is 886. The van der Waals surface area contributed by atoms with Gasteiger partial charge in [-0.2, -0.15) is 9.78 Å². The Morgan fingerprint density at radius 1 is 1.10 bits per heavy atom. The summed E-state index contributed by atoms with van der Waals surface area (Å²) in [5, 5.41) is 4.63. The van der Waals surface area contributed by atoms with Crippen molar-refractivity contribution in [2.45, 2.75) is 45.3 Å². The number of aromatic nitrogens is 2. The van der Waals surface area contributed by atoms with Gasteiger partial charge >= 0.3 is 0 Å². The number of hydrogen-bond acceptors (Lipinski definition) is 5. The van der Waals surface area contributed by atoms with Gasteiger partial charge in [0.15, 0.2) is 0 Å². The Morgan fingerprint density at radius 2 is 1.77 bits per heavy atom. The van der Waals surface area contributed by atoms with Crippen molar-refractivity contribution in [2.24, 2.45) is 5.92 Å². The number of nitrogens with zero attached hydrogens (tertiary/aromatic N) is 4. The van der Waals surface area contributed by atoms with Crippen LogP contribution in [0.3, 0.4) is 0 Å². The minimum Gasteiger partial charge on any atom is -0.373 e. The van der Waals surface area contributed by atoms with Crippen LogP contribution in [0.1, 0.15) is 33.1 Å². The fourth-order valence-corrected chi connectivity index (χ4v) is 4.94. The molecule has 2 fully saturated rings. The lowest BCUT2D eigenvalue weighted by Gasteiger charge is -2.37. The molecule has 7 heteroatoms. The number of rotatable bonds is 5. The number of morpholine rings is 1. The molecule has 30 heavy (non-hydrogen) atoms. The zero-order valence-corrected chi connectivity index (χ0v) is 18.6. The number of piperidine rings is 1. The first-order valence-electron chi connectivity index (χ1n) is 11.0. The number of para-hydroxylation sites is 1. The quantitative estimate of drug-likeness (QED) is 0.725. The van der Waals surface area contributed by atoms with Crippen LogP contribution in [0.2, 0.25) is 5.02 Å². The summed E-state index contributed by atoms with van der Waals surface area (Å²) in [6.45, 7) is 9.34. The Balaban J connectivity index is 1.34. The SMILES string of the molecule is CC1CN(CCC2CCN(c3cnn(-c4ccccc4)c(=O)c3Cl)CC2)CC(C)O1. The van der Waals surface area contributed by atoms with Gasteiger partial charge in [0, 0.05) is 26.2 Å². The predicted molar refractivity (Wildman–Crippen MR) is 121 cm³/mol. The van der Waals surface area contributed by atoms with Crippen molar-refractivity contribution in [1.29, 1.82) is 0 Å². The lowest BCUT2D eigenvalue weighted by Crippen LogP contribution is -2.46. The number of halogens is 1. The van der Waals surface area contributed by atoms with Crippen molar-refractivity contribution in [2.75, 3.05) is 37.6 Å². The van der Waals surface area contributed by atoms with E-state index in [0.717, 1.165) is 56.9 Å². The van der Waals surface area contributed by atoms with E-state index in [2.05, 4.69) is 28.7 Å². The Hall–Kier alpha value is -1.89. The lowest BCUT2D eigenvalue weighted by atomic mass is 9.93. The monoisotopic (exact) mass is 430 g/mol. The molecule has 162 valence electrons. The highest BCUT2D eigenvalue weighted by molar-refractivity contribution is 6.33. The molecule has 0 saturated carbocycles. The fourth-order valence-electron chi connectivity index (χ4n) is 4.69. The lowest BCUT2D eigenvalue weighted by molar-refractivity contribution is -0.0690. The second-order valence-corrected chi connectivity index (χ2v) is 9.01. The van der Waals surface area contributed by atoms with E-state index in [0.29, 0.717) is 18.1 Å². The van der Waals surface area contributed by atoms with Crippen molar-refractivity contribution >= 4 is 17.3 Å². The molecule has 6 nitrogen and oxygen atoms in total. The largest absolute Gasteiger partial charge is 0.373 e. The molecular formula is C23H31ClN4O2. The van der Waals surface area contributed by atoms with E-state index in [-0.39, 0.29) is 10.6 Å². The number of benzene rings is 1. The molecule has 2 aromatic rings. The van der Waals surface area contributed by atoms with Gasteiger partial charge in [-0.15, -0.1) is 0 Å². The van der Waals surface area contributed by atoms with E-state index in [9.17, 15) is 4.79 Å². The van der Waals surface area contributed by atoms with E-state index >= 15 is 0 Å². The van der Waals surface area contributed by atoms with Crippen LogP contribution in [0.15, 0.2) is 41.3 Å². The smallest absolute Gasteiger partial charge is 0.292 e. The summed E-state index contributed by atoms with van der Waals surface area (Å²) in [4.78, 5) is 17.5. The van der Waals surface area contributed by atoms with Gasteiger partial charge in [0.05, 0.1) is 29.8 Å². The van der Waals surface area contributed by atoms with Gasteiger partial charge < -0.3 is 9.64 Å². The Kier molecular flexibility index (Phi) is 6.76. The highest BCUT2D eigenvalue weighted by atomic mass is 35.5. The first kappa shape index (κ1) is 21.3. The van der Waals surface area contributed by atoms with Crippen molar-refractivity contribution in [1.82, 2.24) is 14.7 Å². The van der Waals surface area contributed by atoms with Gasteiger partial charge in [0.2, 0.25) is 0 Å². The molecular weight excluding hydrogens is 400 g/mol. The molecule has 0 spiro atoms. The molecule has 1 aromatic carbocycles. The third-order valence-corrected chi connectivity index (χ3v) is 6.56. The molecule has 0 N–H and O–H groups in total. The van der Waals surface area contributed by atoms with Gasteiger partial charge in [-0.3, -0.25) is 9.69 Å². The van der Waals surface area contributed by atoms with Crippen LogP contribution in [0, 0.1) is 5.92 Å². The van der Waals surface area contributed by atoms with Crippen molar-refractivity contribution < 1.29 is 4.74 Å². The molecule has 2 unspecified atom stereocenters. The molecule has 0 aliphatic carbocycles. The van der Waals surface area contributed by atoms with Crippen molar-refractivity contribution in [3.05, 3.63) is 51.9 Å². The van der Waals surface area contributed by atoms with E-state index in [1.165, 1.54) is 11.1 Å². The van der Waals surface area contributed by atoms with E-state index in [1.807, 2.05) is 30.3 Å². The third kappa shape index (κ3) is 4.88. The molecule has 0 radical (unpaired) electrons. The molecule has 0 bridgehead atoms. The summed E-state index contributed by atoms with van der Waals surface area (Å²) in [5.74, 6) is 0.714. The summed E-state index contributed by atoms with van der Waals surface area (Å²) in [7, 11) is 0. The van der Waals surface area contributed by atoms with Gasteiger partial charge in [0.25, 0.3) is 5.56 Å². The van der Waals surface area contributed by atoms with Gasteiger partial charge in [-0.05, 0) is 57.7 Å². The third-order valence-electron chi connectivity index (χ3n) is 6.21. The average molecular weight is 431 g/mol. The van der Waals surface area contributed by atoms with Crippen LogP contribution in [0.25, 0.3) is 5.69 Å². The van der Waals surface area contributed by atoms with Gasteiger partial charge in [-0.25, -0.2) is 0 Å². The second-order valence-electron chi connectivity index (χ2n) is 8.63. The summed E-state index contributed by atoms with van der Waals surface area (Å²) >= 11 is 6.47. The summed E-state index contributed by atoms with van der Waals surface area (Å²) < 4.78 is 7.20. The fraction of sp³-hybridized carbons (Fsp3) is 0.565. The Morgan fingerprint density at radius 3 is 2.43 bits per heavy atom. The maximum absolute atomic E-state index is 12.8. The van der Waals surface area contributed by atoms with Gasteiger partial charge in [-0.1, -0.05) is 29.8 Å². The van der Waals surface area contributed by atoms with Crippen LogP contribution in [-0.4, -0.2) is 59.6 Å². The standard InChI is InChI=1S/C23H31ClN4O2/c1-17-15-26(16-18(2)30-17)11-8-19-9-12-27(13-10-19)21-14-25-28(23(29)22(21)24)20-6-4-3-5-7-20/h3-7,14,17-19H,8-13,15-16H2,1-2H3. The van der Waals surface area contributed by atoms with Crippen LogP contribution in [0.4, 0.5) is 5.69 Å². The van der Waals surface area contributed by atoms with Crippen molar-refractivity contribution in [3.63, 3.8) is 0 Å². The topological polar surface area (TPSA) is 50.6 Å². The Labute approximate surface area is 183 Å². The molecule has 0 amide bonds. The summed E-state index contributed by atoms with van der Waals surface area (Å²) in [6, 6.07) is 9.38. The normalized spacial score (nSPS) is 23.6. The highest BCUT2D eigenvalue weighted by Gasteiger charge is 2.26. The minimum atomic E-state index is -0.266. The molecule has 2 aliphatic heterocycles. The maximum Gasteiger partial charge on any atom is 0.292 e. The molecule has 2 aliphatic rings. The molecule has 1 aromatic heterocycles. The average Bonchev–Trinajstić information content (AvgIpc) is 2.75. The van der Waals surface area contributed by atoms with Crippen LogP contribution in [-0.2, 0) is 4.74 Å². The number of ether oxygens (including phenoxy) is 1. The second kappa shape index (κ2) is 9.50. The molecule has 4 rings (SSSR count). The van der Waals surface area contributed by atoms with E-state index in [4.69, 9.17) is 16.3 Å². The zero-order chi connectivity index (χ0) is 21.1. The number of hydrogen-bond donors (Lipinski definition) is 0. The highest BCUT2D eigenvalue weighted by Crippen LogP contribution is 2.28. The first-order valence-corrected chi connectivity index (χ1v) is 11.3. The number of anilines is 1. The molecule has 2 atom stereocenters. The van der Waals surface area contributed by atoms with Gasteiger partial charge in [0.1, 0.15) is 5.02 Å². The maximum atomic E-state index is 12.8. The van der Waals surface area contributed by atoms with Crippen LogP contribution in [0.5, 0.6) is 0 Å². The molecule has 2 saturated heterocycles.